The van der Waals surface area contributed by atoms with Gasteiger partial charge in [0.1, 0.15) is 6.54 Å². The number of benzene rings is 1. The largest absolute Gasteiger partial charge is 0.300 e. The van der Waals surface area contributed by atoms with E-state index in [4.69, 9.17) is 0 Å². The van der Waals surface area contributed by atoms with Crippen LogP contribution in [0.25, 0.3) is 11.3 Å². The number of nitrogens with zero attached hydrogens (tertiary/aromatic N) is 3. The highest BCUT2D eigenvalue weighted by atomic mass is 32.1. The van der Waals surface area contributed by atoms with Crippen LogP contribution in [-0.2, 0) is 11.3 Å². The summed E-state index contributed by atoms with van der Waals surface area (Å²) in [7, 11) is 0. The first-order valence-electron chi connectivity index (χ1n) is 8.01. The minimum absolute atomic E-state index is 0.256. The summed E-state index contributed by atoms with van der Waals surface area (Å²) >= 11 is 1.27. The molecule has 0 bridgehead atoms. The molecule has 1 N–H and O–H groups in total. The lowest BCUT2D eigenvalue weighted by molar-refractivity contribution is -0.385. The van der Waals surface area contributed by atoms with Crippen LogP contribution in [0.2, 0.25) is 0 Å². The van der Waals surface area contributed by atoms with Gasteiger partial charge in [-0.25, -0.2) is 4.98 Å². The van der Waals surface area contributed by atoms with E-state index in [0.717, 1.165) is 45.3 Å². The molecule has 0 aliphatic heterocycles. The van der Waals surface area contributed by atoms with Gasteiger partial charge in [0.25, 0.3) is 11.2 Å². The number of hydrogen-bond donors (Lipinski definition) is 1. The molecular formula is C18H16N4O4S. The molecule has 138 valence electrons. The van der Waals surface area contributed by atoms with Crippen LogP contribution >= 0.6 is 11.3 Å². The van der Waals surface area contributed by atoms with Gasteiger partial charge in [0.05, 0.1) is 16.8 Å². The predicted molar refractivity (Wildman–Crippen MR) is 103 cm³/mol. The van der Waals surface area contributed by atoms with Crippen molar-refractivity contribution in [2.45, 2.75) is 20.4 Å². The Morgan fingerprint density at radius 1 is 1.30 bits per heavy atom. The normalized spacial score (nSPS) is 10.6. The quantitative estimate of drug-likeness (QED) is 0.537. The van der Waals surface area contributed by atoms with Crippen LogP contribution < -0.4 is 10.9 Å². The molecule has 27 heavy (non-hydrogen) atoms. The van der Waals surface area contributed by atoms with Crippen LogP contribution in [0.4, 0.5) is 10.8 Å². The monoisotopic (exact) mass is 384 g/mol. The Kier molecular flexibility index (Phi) is 5.13. The zero-order chi connectivity index (χ0) is 19.6. The van der Waals surface area contributed by atoms with Crippen LogP contribution in [0.15, 0.2) is 46.7 Å². The molecule has 1 aromatic carbocycles. The number of hydrogen-bond acceptors (Lipinski definition) is 6. The minimum Gasteiger partial charge on any atom is -0.300 e. The average Bonchev–Trinajstić information content (AvgIpc) is 3.04. The Morgan fingerprint density at radius 3 is 2.78 bits per heavy atom. The molecule has 0 atom stereocenters. The van der Waals surface area contributed by atoms with Gasteiger partial charge in [0.2, 0.25) is 5.91 Å². The van der Waals surface area contributed by atoms with Gasteiger partial charge in [-0.05, 0) is 19.4 Å². The van der Waals surface area contributed by atoms with Gasteiger partial charge in [-0.2, -0.15) is 0 Å². The van der Waals surface area contributed by atoms with Gasteiger partial charge >= 0.3 is 0 Å². The molecular weight excluding hydrogens is 368 g/mol. The third kappa shape index (κ3) is 4.26. The van der Waals surface area contributed by atoms with Gasteiger partial charge in [0, 0.05) is 23.1 Å². The van der Waals surface area contributed by atoms with Crippen LogP contribution in [0.5, 0.6) is 0 Å². The summed E-state index contributed by atoms with van der Waals surface area (Å²) in [6.45, 7) is 3.67. The maximum absolute atomic E-state index is 12.2. The lowest BCUT2D eigenvalue weighted by Crippen LogP contribution is -2.26. The summed E-state index contributed by atoms with van der Waals surface area (Å²) in [5.74, 6) is -0.487. The molecule has 0 unspecified atom stereocenters. The Balaban J connectivity index is 1.74. The molecule has 8 nitrogen and oxygen atoms in total. The van der Waals surface area contributed by atoms with E-state index in [2.05, 4.69) is 16.4 Å². The van der Waals surface area contributed by atoms with Crippen LogP contribution in [0.3, 0.4) is 0 Å². The SMILES string of the molecule is Cc1ccc(-c2csc(NC(=O)Cn3cc([N+](=O)[O-])ccc3=O)n2)c(C)c1. The minimum atomic E-state index is -0.620. The molecule has 0 radical (unpaired) electrons. The zero-order valence-corrected chi connectivity index (χ0v) is 15.4. The summed E-state index contributed by atoms with van der Waals surface area (Å²) in [5, 5.41) is 15.7. The highest BCUT2D eigenvalue weighted by molar-refractivity contribution is 7.14. The molecule has 2 aromatic heterocycles. The second-order valence-corrected chi connectivity index (χ2v) is 6.87. The standard InChI is InChI=1S/C18H16N4O4S/c1-11-3-5-14(12(2)7-11)15-10-27-18(19-15)20-16(23)9-21-8-13(22(25)26)4-6-17(21)24/h3-8,10H,9H2,1-2H3,(H,19,20,23). The molecule has 0 aliphatic rings. The molecule has 0 aliphatic carbocycles. The highest BCUT2D eigenvalue weighted by Crippen LogP contribution is 2.28. The maximum Gasteiger partial charge on any atom is 0.285 e. The number of rotatable bonds is 5. The van der Waals surface area contributed by atoms with Crippen molar-refractivity contribution in [3.8, 4) is 11.3 Å². The number of carbonyl (C=O) groups is 1. The van der Waals surface area contributed by atoms with Gasteiger partial charge in [0.15, 0.2) is 5.13 Å². The van der Waals surface area contributed by atoms with Crippen molar-refractivity contribution in [1.82, 2.24) is 9.55 Å². The first-order chi connectivity index (χ1) is 12.8. The topological polar surface area (TPSA) is 107 Å². The average molecular weight is 384 g/mol. The van der Waals surface area contributed by atoms with Gasteiger partial charge in [-0.1, -0.05) is 23.8 Å². The number of amides is 1. The molecule has 9 heteroatoms. The fourth-order valence-corrected chi connectivity index (χ4v) is 3.35. The first-order valence-corrected chi connectivity index (χ1v) is 8.89. The smallest absolute Gasteiger partial charge is 0.285 e. The van der Waals surface area contributed by atoms with Gasteiger partial charge in [-0.3, -0.25) is 24.3 Å². The van der Waals surface area contributed by atoms with E-state index >= 15 is 0 Å². The second kappa shape index (κ2) is 7.50. The van der Waals surface area contributed by atoms with E-state index in [-0.39, 0.29) is 12.2 Å². The van der Waals surface area contributed by atoms with Crippen molar-refractivity contribution in [3.05, 3.63) is 73.5 Å². The fraction of sp³-hybridized carbons (Fsp3) is 0.167. The molecule has 0 saturated carbocycles. The zero-order valence-electron chi connectivity index (χ0n) is 14.6. The number of aryl methyl sites for hydroxylation is 2. The van der Waals surface area contributed by atoms with Gasteiger partial charge in [-0.15, -0.1) is 11.3 Å². The Bertz CT molecular complexity index is 1090. The van der Waals surface area contributed by atoms with E-state index in [9.17, 15) is 19.7 Å². The van der Waals surface area contributed by atoms with Crippen LogP contribution in [-0.4, -0.2) is 20.4 Å². The third-order valence-corrected chi connectivity index (χ3v) is 4.66. The summed E-state index contributed by atoms with van der Waals surface area (Å²) in [6, 6.07) is 8.20. The van der Waals surface area contributed by atoms with Crippen molar-refractivity contribution in [1.29, 1.82) is 0 Å². The lowest BCUT2D eigenvalue weighted by Gasteiger charge is -2.05. The number of pyridine rings is 1. The number of carbonyl (C=O) groups excluding carboxylic acids is 1. The molecule has 3 aromatic rings. The Labute approximate surface area is 158 Å². The Hall–Kier alpha value is -3.33. The number of aromatic nitrogens is 2. The second-order valence-electron chi connectivity index (χ2n) is 6.01. The summed E-state index contributed by atoms with van der Waals surface area (Å²) < 4.78 is 0.992. The van der Waals surface area contributed by atoms with Crippen molar-refractivity contribution in [3.63, 3.8) is 0 Å². The third-order valence-electron chi connectivity index (χ3n) is 3.90. The van der Waals surface area contributed by atoms with Crippen molar-refractivity contribution < 1.29 is 9.72 Å². The first kappa shape index (κ1) is 18.5. The Morgan fingerprint density at radius 2 is 2.07 bits per heavy atom. The predicted octanol–water partition coefficient (Wildman–Crippen LogP) is 3.14. The van der Waals surface area contributed by atoms with Crippen LogP contribution in [0.1, 0.15) is 11.1 Å². The van der Waals surface area contributed by atoms with E-state index in [1.165, 1.54) is 11.3 Å². The van der Waals surface area contributed by atoms with E-state index in [1.54, 1.807) is 0 Å². The fourth-order valence-electron chi connectivity index (χ4n) is 2.62. The summed E-state index contributed by atoms with van der Waals surface area (Å²) in [5.41, 5.74) is 3.22. The number of nitrogens with one attached hydrogen (secondary N) is 1. The molecule has 0 saturated heterocycles. The number of thiazole rings is 1. The molecule has 0 fully saturated rings. The highest BCUT2D eigenvalue weighted by Gasteiger charge is 2.13. The van der Waals surface area contributed by atoms with Crippen LogP contribution in [0, 0.1) is 24.0 Å². The lowest BCUT2D eigenvalue weighted by atomic mass is 10.0. The van der Waals surface area contributed by atoms with Crippen molar-refractivity contribution in [2.24, 2.45) is 0 Å². The van der Waals surface area contributed by atoms with Crippen molar-refractivity contribution >= 4 is 28.1 Å². The number of nitro groups is 1. The van der Waals surface area contributed by atoms with E-state index < -0.39 is 16.4 Å². The van der Waals surface area contributed by atoms with Gasteiger partial charge < -0.3 is 5.32 Å². The molecule has 2 heterocycles. The summed E-state index contributed by atoms with van der Waals surface area (Å²) in [6.07, 6.45) is 1.05. The number of anilines is 1. The van der Waals surface area contributed by atoms with E-state index in [0.29, 0.717) is 5.13 Å². The molecule has 1 amide bonds. The molecule has 0 spiro atoms. The van der Waals surface area contributed by atoms with E-state index in [1.807, 2.05) is 31.4 Å². The maximum atomic E-state index is 12.2. The summed E-state index contributed by atoms with van der Waals surface area (Å²) in [4.78, 5) is 38.6. The molecule has 3 rings (SSSR count). The van der Waals surface area contributed by atoms with Crippen molar-refractivity contribution in [2.75, 3.05) is 5.32 Å².